The molecule has 0 saturated heterocycles. The van der Waals surface area contributed by atoms with Gasteiger partial charge in [0.15, 0.2) is 5.65 Å². The van der Waals surface area contributed by atoms with E-state index in [1.54, 1.807) is 10.9 Å². The first-order valence-electron chi connectivity index (χ1n) is 7.39. The molecule has 0 spiro atoms. The van der Waals surface area contributed by atoms with Crippen molar-refractivity contribution in [2.24, 2.45) is 0 Å². The molecule has 24 heavy (non-hydrogen) atoms. The van der Waals surface area contributed by atoms with Crippen LogP contribution < -0.4 is 5.32 Å². The number of anilines is 1. The molecule has 4 heterocycles. The molecule has 0 aliphatic heterocycles. The van der Waals surface area contributed by atoms with Gasteiger partial charge in [-0.2, -0.15) is 5.10 Å². The molecular formula is C15H14ClN7O. The molecule has 0 unspecified atom stereocenters. The van der Waals surface area contributed by atoms with Gasteiger partial charge in [0.25, 0.3) is 0 Å². The number of halogens is 1. The third-order valence-electron chi connectivity index (χ3n) is 3.65. The lowest BCUT2D eigenvalue weighted by molar-refractivity contribution is 0.271. The normalized spacial score (nSPS) is 11.4. The van der Waals surface area contributed by atoms with E-state index in [1.165, 1.54) is 6.33 Å². The van der Waals surface area contributed by atoms with E-state index in [0.717, 1.165) is 16.7 Å². The van der Waals surface area contributed by atoms with Gasteiger partial charge < -0.3 is 14.8 Å². The first-order chi connectivity index (χ1) is 11.7. The van der Waals surface area contributed by atoms with E-state index in [4.69, 9.17) is 16.7 Å². The number of hydrogen-bond donors (Lipinski definition) is 2. The molecule has 4 aromatic rings. The van der Waals surface area contributed by atoms with Crippen LogP contribution in [0.5, 0.6) is 0 Å². The van der Waals surface area contributed by atoms with Gasteiger partial charge in [-0.05, 0) is 12.1 Å². The van der Waals surface area contributed by atoms with Gasteiger partial charge in [0.1, 0.15) is 17.8 Å². The molecule has 0 atom stereocenters. The van der Waals surface area contributed by atoms with Crippen molar-refractivity contribution in [3.8, 4) is 0 Å². The maximum Gasteiger partial charge on any atom is 0.163 e. The third kappa shape index (κ3) is 2.66. The van der Waals surface area contributed by atoms with Crippen LogP contribution in [0.25, 0.3) is 16.7 Å². The van der Waals surface area contributed by atoms with Gasteiger partial charge in [-0.1, -0.05) is 11.6 Å². The number of pyridine rings is 1. The van der Waals surface area contributed by atoms with Crippen molar-refractivity contribution in [3.05, 3.63) is 47.8 Å². The van der Waals surface area contributed by atoms with E-state index in [-0.39, 0.29) is 6.61 Å². The lowest BCUT2D eigenvalue weighted by Gasteiger charge is -2.04. The Balaban J connectivity index is 1.59. The minimum Gasteiger partial charge on any atom is -0.394 e. The Morgan fingerprint density at radius 3 is 3.00 bits per heavy atom. The standard InChI is InChI=1S/C15H14ClN7O/c16-10-1-2-13-21-11(8-22(13)7-10)5-17-14-12-6-20-23(3-4-24)15(12)19-9-18-14/h1-2,6-9,24H,3-5H2,(H,17,18,19). The lowest BCUT2D eigenvalue weighted by Crippen LogP contribution is -2.06. The first-order valence-corrected chi connectivity index (χ1v) is 7.77. The van der Waals surface area contributed by atoms with Gasteiger partial charge in [0, 0.05) is 12.4 Å². The van der Waals surface area contributed by atoms with Crippen LogP contribution in [0.3, 0.4) is 0 Å². The highest BCUT2D eigenvalue weighted by atomic mass is 35.5. The summed E-state index contributed by atoms with van der Waals surface area (Å²) in [6.45, 7) is 0.914. The number of aliphatic hydroxyl groups is 1. The van der Waals surface area contributed by atoms with Crippen molar-refractivity contribution in [3.63, 3.8) is 0 Å². The summed E-state index contributed by atoms with van der Waals surface area (Å²) in [5.74, 6) is 0.680. The summed E-state index contributed by atoms with van der Waals surface area (Å²) in [6, 6.07) is 3.68. The number of aliphatic hydroxyl groups excluding tert-OH is 1. The summed E-state index contributed by atoms with van der Waals surface area (Å²) >= 11 is 5.99. The van der Waals surface area contributed by atoms with Gasteiger partial charge in [0.05, 0.1) is 42.0 Å². The fraction of sp³-hybridized carbons (Fsp3) is 0.200. The number of hydrogen-bond acceptors (Lipinski definition) is 6. The van der Waals surface area contributed by atoms with Crippen molar-refractivity contribution in [1.82, 2.24) is 29.1 Å². The van der Waals surface area contributed by atoms with Crippen LogP contribution in [0.2, 0.25) is 5.02 Å². The first kappa shape index (κ1) is 14.9. The molecule has 122 valence electrons. The molecule has 0 aromatic carbocycles. The van der Waals surface area contributed by atoms with Crippen LogP contribution in [-0.2, 0) is 13.1 Å². The van der Waals surface area contributed by atoms with Crippen molar-refractivity contribution >= 4 is 34.1 Å². The second kappa shape index (κ2) is 6.06. The van der Waals surface area contributed by atoms with Crippen LogP contribution in [0.4, 0.5) is 5.82 Å². The van der Waals surface area contributed by atoms with E-state index in [2.05, 4.69) is 25.4 Å². The SMILES string of the molecule is OCCn1ncc2c(NCc3cn4cc(Cl)ccc4n3)ncnc21. The van der Waals surface area contributed by atoms with Crippen molar-refractivity contribution in [2.75, 3.05) is 11.9 Å². The van der Waals surface area contributed by atoms with Crippen LogP contribution in [0.1, 0.15) is 5.69 Å². The van der Waals surface area contributed by atoms with Crippen LogP contribution in [0, 0.1) is 0 Å². The number of imidazole rings is 1. The summed E-state index contributed by atoms with van der Waals surface area (Å²) in [7, 11) is 0. The molecule has 0 aliphatic carbocycles. The van der Waals surface area contributed by atoms with Crippen LogP contribution in [0.15, 0.2) is 37.1 Å². The van der Waals surface area contributed by atoms with Crippen LogP contribution >= 0.6 is 11.6 Å². The van der Waals surface area contributed by atoms with Crippen molar-refractivity contribution < 1.29 is 5.11 Å². The summed E-state index contributed by atoms with van der Waals surface area (Å²) in [5, 5.41) is 18.0. The van der Waals surface area contributed by atoms with Gasteiger partial charge in [0.2, 0.25) is 0 Å². The largest absolute Gasteiger partial charge is 0.394 e. The molecule has 4 rings (SSSR count). The molecule has 8 nitrogen and oxygen atoms in total. The van der Waals surface area contributed by atoms with Gasteiger partial charge in [-0.25, -0.2) is 19.6 Å². The highest BCUT2D eigenvalue weighted by molar-refractivity contribution is 6.30. The fourth-order valence-electron chi connectivity index (χ4n) is 2.57. The number of fused-ring (bicyclic) bond motifs is 2. The smallest absolute Gasteiger partial charge is 0.163 e. The molecule has 2 N–H and O–H groups in total. The fourth-order valence-corrected chi connectivity index (χ4v) is 2.74. The van der Waals surface area contributed by atoms with E-state index in [9.17, 15) is 0 Å². The Kier molecular flexibility index (Phi) is 3.75. The monoisotopic (exact) mass is 343 g/mol. The molecule has 0 radical (unpaired) electrons. The van der Waals surface area contributed by atoms with Gasteiger partial charge in [-0.15, -0.1) is 0 Å². The van der Waals surface area contributed by atoms with Crippen molar-refractivity contribution in [2.45, 2.75) is 13.1 Å². The molecule has 0 saturated carbocycles. The Hall–Kier alpha value is -2.71. The highest BCUT2D eigenvalue weighted by Crippen LogP contribution is 2.19. The summed E-state index contributed by atoms with van der Waals surface area (Å²) < 4.78 is 3.53. The second-order valence-electron chi connectivity index (χ2n) is 5.25. The number of nitrogens with one attached hydrogen (secondary N) is 1. The molecule has 0 bridgehead atoms. The van der Waals surface area contributed by atoms with E-state index in [0.29, 0.717) is 29.6 Å². The van der Waals surface area contributed by atoms with Gasteiger partial charge in [-0.3, -0.25) is 0 Å². The molecule has 0 amide bonds. The number of nitrogens with zero attached hydrogens (tertiary/aromatic N) is 6. The summed E-state index contributed by atoms with van der Waals surface area (Å²) in [6.07, 6.45) is 6.90. The Morgan fingerprint density at radius 2 is 2.12 bits per heavy atom. The van der Waals surface area contributed by atoms with Crippen LogP contribution in [-0.4, -0.2) is 40.8 Å². The van der Waals surface area contributed by atoms with E-state index >= 15 is 0 Å². The molecular weight excluding hydrogens is 330 g/mol. The minimum atomic E-state index is 0.00729. The molecule has 0 aliphatic rings. The zero-order valence-corrected chi connectivity index (χ0v) is 13.3. The Morgan fingerprint density at radius 1 is 1.21 bits per heavy atom. The summed E-state index contributed by atoms with van der Waals surface area (Å²) in [5.41, 5.74) is 2.38. The lowest BCUT2D eigenvalue weighted by atomic mass is 10.3. The second-order valence-corrected chi connectivity index (χ2v) is 5.69. The third-order valence-corrected chi connectivity index (χ3v) is 3.87. The zero-order valence-electron chi connectivity index (χ0n) is 12.6. The highest BCUT2D eigenvalue weighted by Gasteiger charge is 2.10. The van der Waals surface area contributed by atoms with E-state index in [1.807, 2.05) is 28.9 Å². The predicted octanol–water partition coefficient (Wildman–Crippen LogP) is 1.73. The predicted molar refractivity (Wildman–Crippen MR) is 89.9 cm³/mol. The summed E-state index contributed by atoms with van der Waals surface area (Å²) in [4.78, 5) is 13.0. The van der Waals surface area contributed by atoms with E-state index < -0.39 is 0 Å². The Bertz CT molecular complexity index is 1010. The molecule has 0 fully saturated rings. The Labute approximate surface area is 141 Å². The average Bonchev–Trinajstić information content (AvgIpc) is 3.17. The maximum absolute atomic E-state index is 9.07. The zero-order chi connectivity index (χ0) is 16.5. The maximum atomic E-state index is 9.07. The topological polar surface area (TPSA) is 93.2 Å². The quantitative estimate of drug-likeness (QED) is 0.573. The molecule has 4 aromatic heterocycles. The van der Waals surface area contributed by atoms with Gasteiger partial charge >= 0.3 is 0 Å². The minimum absolute atomic E-state index is 0.00729. The number of aromatic nitrogens is 6. The molecule has 9 heteroatoms. The number of rotatable bonds is 5. The average molecular weight is 344 g/mol. The van der Waals surface area contributed by atoms with Crippen molar-refractivity contribution in [1.29, 1.82) is 0 Å².